The molecule has 0 aliphatic carbocycles. The molecule has 0 saturated heterocycles. The van der Waals surface area contributed by atoms with Gasteiger partial charge in [0.25, 0.3) is 5.56 Å². The van der Waals surface area contributed by atoms with E-state index in [2.05, 4.69) is 16.4 Å². The van der Waals surface area contributed by atoms with Crippen LogP contribution >= 0.6 is 11.8 Å². The van der Waals surface area contributed by atoms with Gasteiger partial charge >= 0.3 is 0 Å². The van der Waals surface area contributed by atoms with Gasteiger partial charge in [-0.1, -0.05) is 36.0 Å². The average molecular weight is 407 g/mol. The third-order valence-corrected chi connectivity index (χ3v) is 5.71. The van der Waals surface area contributed by atoms with E-state index in [9.17, 15) is 9.59 Å². The molecule has 2 heterocycles. The molecule has 0 aliphatic rings. The zero-order valence-corrected chi connectivity index (χ0v) is 17.4. The second-order valence-electron chi connectivity index (χ2n) is 7.05. The number of nitrogens with zero attached hydrogens (tertiary/aromatic N) is 2. The Morgan fingerprint density at radius 2 is 1.90 bits per heavy atom. The monoisotopic (exact) mass is 406 g/mol. The summed E-state index contributed by atoms with van der Waals surface area (Å²) >= 11 is 1.27. The first-order valence-corrected chi connectivity index (χ1v) is 10.5. The zero-order chi connectivity index (χ0) is 20.5. The first kappa shape index (κ1) is 19.3. The standard InChI is InChI=1S/C22H22N4O2S/c1-4-26-21(28)20-19(16-7-5-6-8-17(16)24-20)25-22(26)29-12-18(27)23-15-10-13(2)9-14(3)11-15/h5-11,24H,4,12H2,1-3H3,(H,23,27). The lowest BCUT2D eigenvalue weighted by Crippen LogP contribution is -2.23. The number of thioether (sulfide) groups is 1. The van der Waals surface area contributed by atoms with Crippen molar-refractivity contribution in [2.45, 2.75) is 32.5 Å². The number of carbonyl (C=O) groups excluding carboxylic acids is 1. The molecule has 0 atom stereocenters. The summed E-state index contributed by atoms with van der Waals surface area (Å²) < 4.78 is 1.60. The fraction of sp³-hybridized carbons (Fsp3) is 0.227. The van der Waals surface area contributed by atoms with Crippen LogP contribution in [-0.4, -0.2) is 26.2 Å². The van der Waals surface area contributed by atoms with Crippen molar-refractivity contribution < 1.29 is 4.79 Å². The third-order valence-electron chi connectivity index (χ3n) is 4.73. The number of nitrogens with one attached hydrogen (secondary N) is 2. The highest BCUT2D eigenvalue weighted by Gasteiger charge is 2.16. The van der Waals surface area contributed by atoms with Crippen molar-refractivity contribution in [3.63, 3.8) is 0 Å². The van der Waals surface area contributed by atoms with Gasteiger partial charge in [0.1, 0.15) is 11.0 Å². The maximum Gasteiger partial charge on any atom is 0.278 e. The summed E-state index contributed by atoms with van der Waals surface area (Å²) in [6.07, 6.45) is 0. The van der Waals surface area contributed by atoms with Crippen molar-refractivity contribution in [1.29, 1.82) is 0 Å². The van der Waals surface area contributed by atoms with Gasteiger partial charge < -0.3 is 10.3 Å². The number of benzene rings is 2. The molecule has 2 N–H and O–H groups in total. The lowest BCUT2D eigenvalue weighted by molar-refractivity contribution is -0.113. The molecule has 4 aromatic rings. The summed E-state index contributed by atoms with van der Waals surface area (Å²) in [5.74, 6) is 0.0451. The van der Waals surface area contributed by atoms with E-state index in [4.69, 9.17) is 4.98 Å². The number of hydrogen-bond donors (Lipinski definition) is 2. The quantitative estimate of drug-likeness (QED) is 0.384. The number of fused-ring (bicyclic) bond motifs is 3. The summed E-state index contributed by atoms with van der Waals surface area (Å²) in [5.41, 5.74) is 4.87. The normalized spacial score (nSPS) is 11.3. The molecular formula is C22H22N4O2S. The van der Waals surface area contributed by atoms with Crippen molar-refractivity contribution in [2.24, 2.45) is 0 Å². The maximum absolute atomic E-state index is 12.9. The topological polar surface area (TPSA) is 79.8 Å². The molecule has 2 aromatic heterocycles. The number of carbonyl (C=O) groups is 1. The SMILES string of the molecule is CCn1c(SCC(=O)Nc2cc(C)cc(C)c2)nc2c([nH]c3ccccc32)c1=O. The number of aromatic nitrogens is 3. The Labute approximate surface area is 172 Å². The molecule has 0 fully saturated rings. The minimum atomic E-state index is -0.129. The van der Waals surface area contributed by atoms with Crippen LogP contribution in [0.2, 0.25) is 0 Å². The second kappa shape index (κ2) is 7.75. The Hall–Kier alpha value is -3.06. The third kappa shape index (κ3) is 3.78. The molecule has 29 heavy (non-hydrogen) atoms. The number of para-hydroxylation sites is 1. The number of rotatable bonds is 5. The molecule has 1 amide bonds. The van der Waals surface area contributed by atoms with Gasteiger partial charge in [0.2, 0.25) is 5.91 Å². The average Bonchev–Trinajstić information content (AvgIpc) is 3.05. The minimum Gasteiger partial charge on any atom is -0.349 e. The van der Waals surface area contributed by atoms with E-state index in [1.165, 1.54) is 11.8 Å². The van der Waals surface area contributed by atoms with Gasteiger partial charge in [0.15, 0.2) is 5.16 Å². The molecule has 0 bridgehead atoms. The molecule has 0 spiro atoms. The Morgan fingerprint density at radius 1 is 1.17 bits per heavy atom. The number of anilines is 1. The summed E-state index contributed by atoms with van der Waals surface area (Å²) in [7, 11) is 0. The van der Waals surface area contributed by atoms with Crippen LogP contribution in [0, 0.1) is 13.8 Å². The molecule has 7 heteroatoms. The number of aromatic amines is 1. The Kier molecular flexibility index (Phi) is 5.15. The van der Waals surface area contributed by atoms with E-state index in [0.29, 0.717) is 22.7 Å². The van der Waals surface area contributed by atoms with E-state index < -0.39 is 0 Å². The summed E-state index contributed by atoms with van der Waals surface area (Å²) in [5, 5.41) is 4.38. The van der Waals surface area contributed by atoms with E-state index >= 15 is 0 Å². The first-order valence-electron chi connectivity index (χ1n) is 9.48. The fourth-order valence-electron chi connectivity index (χ4n) is 3.54. The van der Waals surface area contributed by atoms with Crippen LogP contribution in [0.25, 0.3) is 21.9 Å². The van der Waals surface area contributed by atoms with Crippen molar-refractivity contribution in [2.75, 3.05) is 11.1 Å². The second-order valence-corrected chi connectivity index (χ2v) is 7.99. The van der Waals surface area contributed by atoms with Gasteiger partial charge in [0.05, 0.1) is 5.75 Å². The van der Waals surface area contributed by atoms with Crippen molar-refractivity contribution in [3.8, 4) is 0 Å². The Morgan fingerprint density at radius 3 is 2.62 bits per heavy atom. The summed E-state index contributed by atoms with van der Waals surface area (Å²) in [6, 6.07) is 13.6. The Bertz CT molecular complexity index is 1270. The van der Waals surface area contributed by atoms with Gasteiger partial charge in [-0.25, -0.2) is 4.98 Å². The van der Waals surface area contributed by atoms with Gasteiger partial charge in [-0.2, -0.15) is 0 Å². The van der Waals surface area contributed by atoms with E-state index in [1.807, 2.05) is 57.2 Å². The van der Waals surface area contributed by atoms with Crippen LogP contribution in [0.3, 0.4) is 0 Å². The van der Waals surface area contributed by atoms with E-state index in [-0.39, 0.29) is 17.2 Å². The predicted octanol–water partition coefficient (Wildman–Crippen LogP) is 4.25. The molecule has 0 aliphatic heterocycles. The lowest BCUT2D eigenvalue weighted by Gasteiger charge is -2.10. The number of H-pyrrole nitrogens is 1. The first-order chi connectivity index (χ1) is 14.0. The van der Waals surface area contributed by atoms with Crippen LogP contribution < -0.4 is 10.9 Å². The van der Waals surface area contributed by atoms with E-state index in [1.54, 1.807) is 4.57 Å². The van der Waals surface area contributed by atoms with Gasteiger partial charge in [-0.05, 0) is 50.1 Å². The number of amides is 1. The molecule has 0 unspecified atom stereocenters. The maximum atomic E-state index is 12.9. The zero-order valence-electron chi connectivity index (χ0n) is 16.6. The molecule has 4 rings (SSSR count). The molecule has 148 valence electrons. The van der Waals surface area contributed by atoms with Gasteiger partial charge in [-0.15, -0.1) is 0 Å². The highest BCUT2D eigenvalue weighted by atomic mass is 32.2. The predicted molar refractivity (Wildman–Crippen MR) is 119 cm³/mol. The van der Waals surface area contributed by atoms with Gasteiger partial charge in [0, 0.05) is 23.1 Å². The highest BCUT2D eigenvalue weighted by molar-refractivity contribution is 7.99. The van der Waals surface area contributed by atoms with Crippen LogP contribution in [0.15, 0.2) is 52.4 Å². The fourth-order valence-corrected chi connectivity index (χ4v) is 4.39. The summed E-state index contributed by atoms with van der Waals surface area (Å²) in [4.78, 5) is 33.3. The van der Waals surface area contributed by atoms with Crippen molar-refractivity contribution in [3.05, 3.63) is 63.9 Å². The van der Waals surface area contributed by atoms with E-state index in [0.717, 1.165) is 27.7 Å². The lowest BCUT2D eigenvalue weighted by atomic mass is 10.1. The molecule has 2 aromatic carbocycles. The van der Waals surface area contributed by atoms with Crippen molar-refractivity contribution in [1.82, 2.24) is 14.5 Å². The molecule has 6 nitrogen and oxygen atoms in total. The van der Waals surface area contributed by atoms with Crippen LogP contribution in [0.4, 0.5) is 5.69 Å². The number of hydrogen-bond acceptors (Lipinski definition) is 4. The largest absolute Gasteiger partial charge is 0.349 e. The molecule has 0 radical (unpaired) electrons. The van der Waals surface area contributed by atoms with Crippen molar-refractivity contribution >= 4 is 45.3 Å². The van der Waals surface area contributed by atoms with Crippen LogP contribution in [-0.2, 0) is 11.3 Å². The Balaban J connectivity index is 1.62. The van der Waals surface area contributed by atoms with Gasteiger partial charge in [-0.3, -0.25) is 14.2 Å². The molecule has 0 saturated carbocycles. The van der Waals surface area contributed by atoms with Crippen LogP contribution in [0.5, 0.6) is 0 Å². The number of aryl methyl sites for hydroxylation is 2. The summed E-state index contributed by atoms with van der Waals surface area (Å²) in [6.45, 7) is 6.38. The highest BCUT2D eigenvalue weighted by Crippen LogP contribution is 2.24. The van der Waals surface area contributed by atoms with Crippen LogP contribution in [0.1, 0.15) is 18.1 Å². The minimum absolute atomic E-state index is 0.120. The molecular weight excluding hydrogens is 384 g/mol. The smallest absolute Gasteiger partial charge is 0.278 e.